The van der Waals surface area contributed by atoms with Crippen molar-refractivity contribution in [3.05, 3.63) is 58.7 Å². The fraction of sp³-hybridized carbons (Fsp3) is 0.429. The molecule has 0 aromatic heterocycles. The van der Waals surface area contributed by atoms with Crippen LogP contribution in [0.15, 0.2) is 47.6 Å². The maximum Gasteiger partial charge on any atom is 0.245 e. The molecule has 146 valence electrons. The lowest BCUT2D eigenvalue weighted by molar-refractivity contribution is -0.126. The molecule has 1 aliphatic carbocycles. The summed E-state index contributed by atoms with van der Waals surface area (Å²) in [5, 5.41) is 13.8. The number of aliphatic hydroxyl groups is 1. The monoisotopic (exact) mass is 371 g/mol. The predicted octanol–water partition coefficient (Wildman–Crippen LogP) is 1.32. The van der Waals surface area contributed by atoms with E-state index >= 15 is 0 Å². The van der Waals surface area contributed by atoms with Crippen molar-refractivity contribution in [3.63, 3.8) is 0 Å². The van der Waals surface area contributed by atoms with Crippen molar-refractivity contribution in [1.29, 1.82) is 0 Å². The number of carbonyl (C=O) groups is 2. The number of hydrogen-bond donors (Lipinski definition) is 4. The highest BCUT2D eigenvalue weighted by atomic mass is 16.3. The Balaban J connectivity index is 2.47. The van der Waals surface area contributed by atoms with Gasteiger partial charge >= 0.3 is 0 Å². The summed E-state index contributed by atoms with van der Waals surface area (Å²) in [4.78, 5) is 24.6. The van der Waals surface area contributed by atoms with Gasteiger partial charge in [0.1, 0.15) is 5.54 Å². The first kappa shape index (κ1) is 20.9. The average Bonchev–Trinajstić information content (AvgIpc) is 2.65. The number of nitrogens with one attached hydrogen (secondary N) is 1. The Bertz CT molecular complexity index is 785. The molecule has 6 heteroatoms. The zero-order chi connectivity index (χ0) is 20.2. The number of benzene rings is 1. The van der Waals surface area contributed by atoms with Crippen molar-refractivity contribution in [2.75, 3.05) is 0 Å². The Hall–Kier alpha value is -2.44. The molecular weight excluding hydrogens is 342 g/mol. The second-order valence-electron chi connectivity index (χ2n) is 7.07. The second kappa shape index (κ2) is 8.50. The van der Waals surface area contributed by atoms with Crippen LogP contribution in [0.4, 0.5) is 0 Å². The molecule has 2 rings (SSSR count). The zero-order valence-electron chi connectivity index (χ0n) is 16.2. The number of hydrogen-bond acceptors (Lipinski definition) is 4. The molecule has 6 N–H and O–H groups in total. The molecule has 6 nitrogen and oxygen atoms in total. The third-order valence-corrected chi connectivity index (χ3v) is 5.14. The minimum atomic E-state index is -1.40. The number of primary amides is 2. The lowest BCUT2D eigenvalue weighted by Crippen LogP contribution is -2.63. The van der Waals surface area contributed by atoms with Gasteiger partial charge in [-0.1, -0.05) is 55.8 Å². The first-order valence-corrected chi connectivity index (χ1v) is 9.26. The van der Waals surface area contributed by atoms with E-state index in [9.17, 15) is 14.7 Å². The normalized spacial score (nSPS) is 23.3. The van der Waals surface area contributed by atoms with E-state index in [0.29, 0.717) is 18.5 Å². The fourth-order valence-corrected chi connectivity index (χ4v) is 3.72. The summed E-state index contributed by atoms with van der Waals surface area (Å²) in [7, 11) is 0. The predicted molar refractivity (Wildman–Crippen MR) is 105 cm³/mol. The molecule has 0 bridgehead atoms. The van der Waals surface area contributed by atoms with Gasteiger partial charge in [0.25, 0.3) is 0 Å². The van der Waals surface area contributed by atoms with E-state index in [1.165, 1.54) is 5.56 Å². The molecule has 0 spiro atoms. The number of allylic oxidation sites excluding steroid dienone is 2. The molecule has 0 aliphatic heterocycles. The lowest BCUT2D eigenvalue weighted by Gasteiger charge is -2.42. The van der Waals surface area contributed by atoms with Gasteiger partial charge < -0.3 is 16.6 Å². The molecule has 3 atom stereocenters. The Kier molecular flexibility index (Phi) is 6.57. The highest BCUT2D eigenvalue weighted by Crippen LogP contribution is 2.36. The Morgan fingerprint density at radius 2 is 1.93 bits per heavy atom. The van der Waals surface area contributed by atoms with Crippen LogP contribution in [-0.4, -0.2) is 28.6 Å². The van der Waals surface area contributed by atoms with Gasteiger partial charge in [-0.3, -0.25) is 14.9 Å². The first-order valence-electron chi connectivity index (χ1n) is 9.26. The maximum atomic E-state index is 12.6. The molecular formula is C21H29N3O3. The number of carbonyl (C=O) groups excluding carboxylic acids is 2. The summed E-state index contributed by atoms with van der Waals surface area (Å²) in [6, 6.07) is 8.00. The molecule has 2 amide bonds. The largest absolute Gasteiger partial charge is 0.392 e. The van der Waals surface area contributed by atoms with Crippen LogP contribution in [0.5, 0.6) is 0 Å². The number of rotatable bonds is 8. The molecule has 3 unspecified atom stereocenters. The Labute approximate surface area is 160 Å². The first-order chi connectivity index (χ1) is 12.7. The summed E-state index contributed by atoms with van der Waals surface area (Å²) in [6.07, 6.45) is 3.61. The van der Waals surface area contributed by atoms with Gasteiger partial charge in [-0.05, 0) is 30.9 Å². The van der Waals surface area contributed by atoms with Crippen LogP contribution in [0.25, 0.3) is 0 Å². The van der Waals surface area contributed by atoms with Gasteiger partial charge in [0.15, 0.2) is 0 Å². The number of aliphatic hydroxyl groups excluding tert-OH is 1. The SMILES string of the molecule is CCc1cccc(CNC2(C(N)=O)C=C(C)C=C(C(N)=O)C2C(O)CC)c1. The summed E-state index contributed by atoms with van der Waals surface area (Å²) in [5.41, 5.74) is 13.0. The minimum absolute atomic E-state index is 0.206. The molecule has 0 saturated carbocycles. The molecule has 1 aromatic carbocycles. The molecule has 0 fully saturated rings. The van der Waals surface area contributed by atoms with E-state index in [2.05, 4.69) is 18.3 Å². The van der Waals surface area contributed by atoms with Gasteiger partial charge in [0.2, 0.25) is 11.8 Å². The van der Waals surface area contributed by atoms with Crippen LogP contribution >= 0.6 is 0 Å². The van der Waals surface area contributed by atoms with Crippen LogP contribution in [-0.2, 0) is 22.6 Å². The van der Waals surface area contributed by atoms with Crippen molar-refractivity contribution in [1.82, 2.24) is 5.32 Å². The summed E-state index contributed by atoms with van der Waals surface area (Å²) in [6.45, 7) is 5.99. The quantitative estimate of drug-likeness (QED) is 0.551. The molecule has 27 heavy (non-hydrogen) atoms. The van der Waals surface area contributed by atoms with Crippen molar-refractivity contribution in [2.45, 2.75) is 51.8 Å². The van der Waals surface area contributed by atoms with E-state index < -0.39 is 29.4 Å². The highest BCUT2D eigenvalue weighted by Gasteiger charge is 2.50. The van der Waals surface area contributed by atoms with E-state index in [0.717, 1.165) is 12.0 Å². The molecule has 1 aromatic rings. The van der Waals surface area contributed by atoms with Gasteiger partial charge in [-0.15, -0.1) is 0 Å². The third kappa shape index (κ3) is 4.28. The fourth-order valence-electron chi connectivity index (χ4n) is 3.72. The summed E-state index contributed by atoms with van der Waals surface area (Å²) >= 11 is 0. The molecule has 0 heterocycles. The van der Waals surface area contributed by atoms with Crippen LogP contribution in [0.1, 0.15) is 38.3 Å². The van der Waals surface area contributed by atoms with Gasteiger partial charge in [0.05, 0.1) is 6.10 Å². The van der Waals surface area contributed by atoms with Crippen LogP contribution < -0.4 is 16.8 Å². The third-order valence-electron chi connectivity index (χ3n) is 5.14. The topological polar surface area (TPSA) is 118 Å². The van der Waals surface area contributed by atoms with E-state index in [1.807, 2.05) is 18.2 Å². The van der Waals surface area contributed by atoms with Crippen molar-refractivity contribution < 1.29 is 14.7 Å². The summed E-state index contributed by atoms with van der Waals surface area (Å²) in [5.74, 6) is -2.17. The maximum absolute atomic E-state index is 12.6. The van der Waals surface area contributed by atoms with Crippen molar-refractivity contribution in [3.8, 4) is 0 Å². The van der Waals surface area contributed by atoms with Crippen LogP contribution in [0.2, 0.25) is 0 Å². The van der Waals surface area contributed by atoms with Gasteiger partial charge in [-0.25, -0.2) is 0 Å². The number of nitrogens with two attached hydrogens (primary N) is 2. The lowest BCUT2D eigenvalue weighted by atomic mass is 9.69. The Morgan fingerprint density at radius 1 is 1.26 bits per heavy atom. The minimum Gasteiger partial charge on any atom is -0.392 e. The number of amides is 2. The number of aryl methyl sites for hydroxylation is 1. The van der Waals surface area contributed by atoms with Crippen molar-refractivity contribution >= 4 is 11.8 Å². The molecule has 0 saturated heterocycles. The van der Waals surface area contributed by atoms with Crippen LogP contribution in [0, 0.1) is 5.92 Å². The van der Waals surface area contributed by atoms with E-state index in [1.54, 1.807) is 26.0 Å². The standard InChI is InChI=1S/C21H29N3O3/c1-4-14-7-6-8-15(10-14)12-24-21(20(23)27)11-13(3)9-16(19(22)26)18(21)17(25)5-2/h6-11,17-18,24-25H,4-5,12H2,1-3H3,(H2,22,26)(H2,23,27). The smallest absolute Gasteiger partial charge is 0.245 e. The zero-order valence-corrected chi connectivity index (χ0v) is 16.2. The average molecular weight is 371 g/mol. The van der Waals surface area contributed by atoms with Gasteiger partial charge in [-0.2, -0.15) is 0 Å². The van der Waals surface area contributed by atoms with E-state index in [4.69, 9.17) is 11.5 Å². The van der Waals surface area contributed by atoms with Crippen molar-refractivity contribution in [2.24, 2.45) is 17.4 Å². The molecule has 0 radical (unpaired) electrons. The van der Waals surface area contributed by atoms with E-state index in [-0.39, 0.29) is 5.57 Å². The molecule has 1 aliphatic rings. The second-order valence-corrected chi connectivity index (χ2v) is 7.07. The van der Waals surface area contributed by atoms with Gasteiger partial charge in [0, 0.05) is 18.0 Å². The highest BCUT2D eigenvalue weighted by molar-refractivity contribution is 5.98. The van der Waals surface area contributed by atoms with Crippen LogP contribution in [0.3, 0.4) is 0 Å². The Morgan fingerprint density at radius 3 is 2.48 bits per heavy atom. The summed E-state index contributed by atoms with van der Waals surface area (Å²) < 4.78 is 0.